The highest BCUT2D eigenvalue weighted by Gasteiger charge is 2.21. The number of ether oxygens (including phenoxy) is 2. The molecule has 1 aromatic heterocycles. The van der Waals surface area contributed by atoms with Gasteiger partial charge < -0.3 is 19.2 Å². The molecule has 0 atom stereocenters. The van der Waals surface area contributed by atoms with Gasteiger partial charge in [0.1, 0.15) is 0 Å². The average molecular weight is 439 g/mol. The van der Waals surface area contributed by atoms with E-state index < -0.39 is 5.41 Å². The minimum absolute atomic E-state index is 0.0819. The second-order valence-corrected chi connectivity index (χ2v) is 8.86. The minimum Gasteiger partial charge on any atom is -0.454 e. The first-order chi connectivity index (χ1) is 14.8. The van der Waals surface area contributed by atoms with Crippen LogP contribution in [0.4, 0.5) is 5.69 Å². The molecule has 0 bridgehead atoms. The third-order valence-corrected chi connectivity index (χ3v) is 5.32. The summed E-state index contributed by atoms with van der Waals surface area (Å²) in [5.74, 6) is 1.62. The van der Waals surface area contributed by atoms with Crippen molar-refractivity contribution in [1.82, 2.24) is 10.2 Å². The summed E-state index contributed by atoms with van der Waals surface area (Å²) in [6, 6.07) is 12.2. The minimum atomic E-state index is -0.491. The molecule has 4 rings (SSSR count). The molecule has 1 aliphatic rings. The van der Waals surface area contributed by atoms with Crippen LogP contribution in [0.3, 0.4) is 0 Å². The number of rotatable bonds is 6. The van der Waals surface area contributed by atoms with Crippen LogP contribution >= 0.6 is 11.8 Å². The smallest absolute Gasteiger partial charge is 0.277 e. The normalized spacial score (nSPS) is 12.6. The topological polar surface area (TPSA) is 104 Å². The van der Waals surface area contributed by atoms with Crippen molar-refractivity contribution < 1.29 is 23.5 Å². The highest BCUT2D eigenvalue weighted by molar-refractivity contribution is 7.99. The molecule has 0 spiro atoms. The van der Waals surface area contributed by atoms with E-state index in [0.717, 1.165) is 0 Å². The van der Waals surface area contributed by atoms with Gasteiger partial charge in [-0.25, -0.2) is 0 Å². The monoisotopic (exact) mass is 439 g/mol. The molecule has 160 valence electrons. The lowest BCUT2D eigenvalue weighted by Gasteiger charge is -2.17. The van der Waals surface area contributed by atoms with E-state index in [0.29, 0.717) is 39.4 Å². The molecular weight excluding hydrogens is 418 g/mol. The van der Waals surface area contributed by atoms with Crippen LogP contribution in [0.15, 0.2) is 52.1 Å². The van der Waals surface area contributed by atoms with Crippen molar-refractivity contribution in [1.29, 1.82) is 0 Å². The fraction of sp³-hybridized carbons (Fsp3) is 0.273. The molecule has 0 saturated heterocycles. The number of ketones is 1. The van der Waals surface area contributed by atoms with Gasteiger partial charge in [0.15, 0.2) is 17.3 Å². The summed E-state index contributed by atoms with van der Waals surface area (Å²) in [6.07, 6.45) is 0. The molecule has 31 heavy (non-hydrogen) atoms. The molecule has 0 radical (unpaired) electrons. The molecule has 0 fully saturated rings. The molecular formula is C22H21N3O5S. The van der Waals surface area contributed by atoms with Crippen LogP contribution in [-0.2, 0) is 4.79 Å². The van der Waals surface area contributed by atoms with E-state index in [1.165, 1.54) is 11.8 Å². The van der Waals surface area contributed by atoms with Crippen molar-refractivity contribution >= 4 is 29.1 Å². The van der Waals surface area contributed by atoms with Gasteiger partial charge in [0.2, 0.25) is 18.6 Å². The lowest BCUT2D eigenvalue weighted by atomic mass is 9.95. The van der Waals surface area contributed by atoms with Crippen molar-refractivity contribution in [2.45, 2.75) is 26.0 Å². The first kappa shape index (κ1) is 20.9. The summed E-state index contributed by atoms with van der Waals surface area (Å²) in [5.41, 5.74) is 1.41. The Bertz CT molecular complexity index is 1120. The number of carbonyl (C=O) groups excluding carboxylic acids is 2. The van der Waals surface area contributed by atoms with E-state index in [-0.39, 0.29) is 24.2 Å². The van der Waals surface area contributed by atoms with Crippen LogP contribution in [0.5, 0.6) is 11.5 Å². The number of hydrogen-bond donors (Lipinski definition) is 1. The maximum Gasteiger partial charge on any atom is 0.277 e. The summed E-state index contributed by atoms with van der Waals surface area (Å²) in [4.78, 5) is 24.5. The number of aromatic nitrogens is 2. The highest BCUT2D eigenvalue weighted by Crippen LogP contribution is 2.36. The van der Waals surface area contributed by atoms with Crippen molar-refractivity contribution in [3.8, 4) is 23.0 Å². The fourth-order valence-corrected chi connectivity index (χ4v) is 3.34. The lowest BCUT2D eigenvalue weighted by Crippen LogP contribution is -2.27. The van der Waals surface area contributed by atoms with Crippen molar-refractivity contribution in [3.05, 3.63) is 48.0 Å². The standard InChI is InChI=1S/C22H21N3O5S/c1-22(2,3)20(27)23-15-7-4-13(5-8-15)16(26)11-31-21-25-24-19(30-21)14-6-9-17-18(10-14)29-12-28-17/h4-10H,11-12H2,1-3H3,(H,23,27). The zero-order valence-electron chi connectivity index (χ0n) is 17.3. The molecule has 2 heterocycles. The molecule has 1 amide bonds. The number of benzene rings is 2. The number of anilines is 1. The first-order valence-corrected chi connectivity index (χ1v) is 10.6. The van der Waals surface area contributed by atoms with Crippen LogP contribution in [0.1, 0.15) is 31.1 Å². The molecule has 3 aromatic rings. The van der Waals surface area contributed by atoms with Gasteiger partial charge in [0.25, 0.3) is 5.22 Å². The molecule has 8 nitrogen and oxygen atoms in total. The second-order valence-electron chi connectivity index (χ2n) is 7.93. The predicted octanol–water partition coefficient (Wildman–Crippen LogP) is 4.42. The highest BCUT2D eigenvalue weighted by atomic mass is 32.2. The number of carbonyl (C=O) groups is 2. The average Bonchev–Trinajstić information content (AvgIpc) is 3.40. The Kier molecular flexibility index (Phi) is 5.69. The van der Waals surface area contributed by atoms with Gasteiger partial charge in [-0.15, -0.1) is 10.2 Å². The third-order valence-electron chi connectivity index (χ3n) is 4.50. The van der Waals surface area contributed by atoms with Gasteiger partial charge in [0.05, 0.1) is 5.75 Å². The summed E-state index contributed by atoms with van der Waals surface area (Å²) < 4.78 is 16.3. The molecule has 0 saturated carbocycles. The number of amides is 1. The number of nitrogens with zero attached hydrogens (tertiary/aromatic N) is 2. The van der Waals surface area contributed by atoms with Gasteiger partial charge in [-0.3, -0.25) is 9.59 Å². The molecule has 0 unspecified atom stereocenters. The summed E-state index contributed by atoms with van der Waals surface area (Å²) in [6.45, 7) is 5.71. The van der Waals surface area contributed by atoms with E-state index in [2.05, 4.69) is 15.5 Å². The number of nitrogens with one attached hydrogen (secondary N) is 1. The summed E-state index contributed by atoms with van der Waals surface area (Å²) in [7, 11) is 0. The Morgan fingerprint density at radius 1 is 1.03 bits per heavy atom. The van der Waals surface area contributed by atoms with Gasteiger partial charge in [-0.2, -0.15) is 0 Å². The maximum atomic E-state index is 12.5. The van der Waals surface area contributed by atoms with Crippen LogP contribution in [0.2, 0.25) is 0 Å². The zero-order valence-corrected chi connectivity index (χ0v) is 18.1. The van der Waals surface area contributed by atoms with Crippen LogP contribution in [0, 0.1) is 5.41 Å². The van der Waals surface area contributed by atoms with Crippen molar-refractivity contribution in [2.75, 3.05) is 17.9 Å². The number of Topliss-reactive ketones (excluding diaryl/α,β-unsaturated/α-hetero) is 1. The Hall–Kier alpha value is -3.33. The van der Waals surface area contributed by atoms with Gasteiger partial charge >= 0.3 is 0 Å². The van der Waals surface area contributed by atoms with E-state index in [1.54, 1.807) is 42.5 Å². The van der Waals surface area contributed by atoms with Gasteiger partial charge in [-0.1, -0.05) is 32.5 Å². The lowest BCUT2D eigenvalue weighted by molar-refractivity contribution is -0.123. The second kappa shape index (κ2) is 8.43. The Labute approximate surface area is 183 Å². The first-order valence-electron chi connectivity index (χ1n) is 9.61. The van der Waals surface area contributed by atoms with Gasteiger partial charge in [-0.05, 0) is 42.5 Å². The van der Waals surface area contributed by atoms with Crippen molar-refractivity contribution in [2.24, 2.45) is 5.41 Å². The summed E-state index contributed by atoms with van der Waals surface area (Å²) in [5, 5.41) is 11.2. The van der Waals surface area contributed by atoms with E-state index in [9.17, 15) is 9.59 Å². The number of hydrogen-bond acceptors (Lipinski definition) is 8. The summed E-state index contributed by atoms with van der Waals surface area (Å²) >= 11 is 1.17. The molecule has 0 aliphatic carbocycles. The van der Waals surface area contributed by atoms with Gasteiger partial charge in [0, 0.05) is 22.2 Å². The van der Waals surface area contributed by atoms with E-state index >= 15 is 0 Å². The van der Waals surface area contributed by atoms with Crippen molar-refractivity contribution in [3.63, 3.8) is 0 Å². The van der Waals surface area contributed by atoms with E-state index in [4.69, 9.17) is 13.9 Å². The SMILES string of the molecule is CC(C)(C)C(=O)Nc1ccc(C(=O)CSc2nnc(-c3ccc4c(c3)OCO4)o2)cc1. The van der Waals surface area contributed by atoms with Crippen LogP contribution in [0.25, 0.3) is 11.5 Å². The predicted molar refractivity (Wildman–Crippen MR) is 115 cm³/mol. The molecule has 1 aliphatic heterocycles. The number of fused-ring (bicyclic) bond motifs is 1. The quantitative estimate of drug-likeness (QED) is 0.445. The Morgan fingerprint density at radius 3 is 2.52 bits per heavy atom. The van der Waals surface area contributed by atoms with Crippen LogP contribution in [-0.4, -0.2) is 34.4 Å². The Morgan fingerprint density at radius 2 is 1.77 bits per heavy atom. The van der Waals surface area contributed by atoms with Crippen LogP contribution < -0.4 is 14.8 Å². The molecule has 1 N–H and O–H groups in total. The van der Waals surface area contributed by atoms with E-state index in [1.807, 2.05) is 20.8 Å². The fourth-order valence-electron chi connectivity index (χ4n) is 2.68. The molecule has 9 heteroatoms. The number of thioether (sulfide) groups is 1. The maximum absolute atomic E-state index is 12.5. The Balaban J connectivity index is 1.34. The third kappa shape index (κ3) is 4.88. The largest absolute Gasteiger partial charge is 0.454 e. The molecule has 2 aromatic carbocycles. The zero-order chi connectivity index (χ0) is 22.0.